The fourth-order valence-corrected chi connectivity index (χ4v) is 0.167. The van der Waals surface area contributed by atoms with E-state index in [-0.39, 0.29) is 24.0 Å². The maximum Gasteiger partial charge on any atom is -0.0443 e. The van der Waals surface area contributed by atoms with Crippen molar-refractivity contribution in [2.75, 3.05) is 0 Å². The van der Waals surface area contributed by atoms with Crippen LogP contribution in [0.15, 0.2) is 0 Å². The zero-order chi connectivity index (χ0) is 2.99. The lowest BCUT2D eigenvalue weighted by molar-refractivity contribution is 0.983. The molecule has 1 heteroatoms. The van der Waals surface area contributed by atoms with Gasteiger partial charge in [0.2, 0.25) is 0 Å². The van der Waals surface area contributed by atoms with Crippen molar-refractivity contribution in [1.82, 2.24) is 0 Å². The lowest BCUT2D eigenvalue weighted by atomic mass is 10.5. The zero-order valence-electron chi connectivity index (χ0n) is 3.40. The van der Waals surface area contributed by atoms with Crippen molar-refractivity contribution in [2.24, 2.45) is 5.92 Å². The number of halogens is 1. The largest absolute Gasteiger partial charge is 0.107 e. The van der Waals surface area contributed by atoms with Gasteiger partial charge in [0, 0.05) is 0 Å². The Morgan fingerprint density at radius 1 is 1.40 bits per heavy atom. The normalized spacial score (nSPS) is 21.0. The monoisotopic (exact) mass is 184 g/mol. The average Bonchev–Trinajstić information content (AvgIpc) is 1.75. The van der Waals surface area contributed by atoms with E-state index in [0.717, 1.165) is 5.92 Å². The van der Waals surface area contributed by atoms with Crippen molar-refractivity contribution >= 4 is 24.0 Å². The van der Waals surface area contributed by atoms with Crippen LogP contribution >= 0.6 is 24.0 Å². The van der Waals surface area contributed by atoms with Crippen LogP contribution in [-0.2, 0) is 0 Å². The SMILES string of the molecule is CC1CC1.I. The van der Waals surface area contributed by atoms with Gasteiger partial charge in [-0.25, -0.2) is 0 Å². The molecule has 1 fully saturated rings. The zero-order valence-corrected chi connectivity index (χ0v) is 5.73. The van der Waals surface area contributed by atoms with Gasteiger partial charge in [-0.15, -0.1) is 24.0 Å². The van der Waals surface area contributed by atoms with Gasteiger partial charge in [0.1, 0.15) is 0 Å². The van der Waals surface area contributed by atoms with Crippen molar-refractivity contribution in [3.8, 4) is 0 Å². The van der Waals surface area contributed by atoms with Gasteiger partial charge in [-0.3, -0.25) is 0 Å². The molecule has 0 heterocycles. The summed E-state index contributed by atoms with van der Waals surface area (Å²) in [7, 11) is 0. The summed E-state index contributed by atoms with van der Waals surface area (Å²) in [5.41, 5.74) is 0. The van der Waals surface area contributed by atoms with Crippen molar-refractivity contribution in [3.05, 3.63) is 0 Å². The van der Waals surface area contributed by atoms with Crippen LogP contribution in [-0.4, -0.2) is 0 Å². The van der Waals surface area contributed by atoms with Crippen molar-refractivity contribution in [1.29, 1.82) is 0 Å². The van der Waals surface area contributed by atoms with Gasteiger partial charge in [-0.1, -0.05) is 19.8 Å². The molecule has 5 heavy (non-hydrogen) atoms. The summed E-state index contributed by atoms with van der Waals surface area (Å²) in [6.45, 7) is 2.28. The molecule has 32 valence electrons. The Labute approximate surface area is 50.0 Å². The van der Waals surface area contributed by atoms with Crippen LogP contribution in [0.3, 0.4) is 0 Å². The Morgan fingerprint density at radius 2 is 1.60 bits per heavy atom. The highest BCUT2D eigenvalue weighted by atomic mass is 127. The lowest BCUT2D eigenvalue weighted by Gasteiger charge is -1.53. The molecule has 0 radical (unpaired) electrons. The Balaban J connectivity index is 0.000000160. The molecule has 1 rings (SSSR count). The average molecular weight is 184 g/mol. The Bertz CT molecular complexity index is 22.8. The first-order valence-corrected chi connectivity index (χ1v) is 1.89. The molecule has 0 saturated heterocycles. The van der Waals surface area contributed by atoms with Crippen molar-refractivity contribution < 1.29 is 0 Å². The molecule has 0 unspecified atom stereocenters. The first-order valence-electron chi connectivity index (χ1n) is 1.89. The second-order valence-electron chi connectivity index (χ2n) is 1.68. The highest BCUT2D eigenvalue weighted by molar-refractivity contribution is 14.0. The molecule has 0 atom stereocenters. The van der Waals surface area contributed by atoms with Crippen LogP contribution in [0.4, 0.5) is 0 Å². The molecule has 0 N–H and O–H groups in total. The molecule has 1 aliphatic carbocycles. The minimum absolute atomic E-state index is 0. The molecule has 1 saturated carbocycles. The smallest absolute Gasteiger partial charge is 0.0443 e. The van der Waals surface area contributed by atoms with Gasteiger partial charge in [-0.05, 0) is 5.92 Å². The molecule has 0 aromatic heterocycles. The molecule has 0 aliphatic heterocycles. The first-order chi connectivity index (χ1) is 1.89. The van der Waals surface area contributed by atoms with Gasteiger partial charge < -0.3 is 0 Å². The van der Waals surface area contributed by atoms with Crippen LogP contribution in [0.1, 0.15) is 19.8 Å². The minimum atomic E-state index is 0. The van der Waals surface area contributed by atoms with Crippen LogP contribution < -0.4 is 0 Å². The van der Waals surface area contributed by atoms with Crippen molar-refractivity contribution in [3.63, 3.8) is 0 Å². The summed E-state index contributed by atoms with van der Waals surface area (Å²) < 4.78 is 0. The fourth-order valence-electron chi connectivity index (χ4n) is 0.167. The molecule has 0 nitrogen and oxygen atoms in total. The molecular weight excluding hydrogens is 175 g/mol. The van der Waals surface area contributed by atoms with Gasteiger partial charge in [0.15, 0.2) is 0 Å². The van der Waals surface area contributed by atoms with E-state index in [1.165, 1.54) is 12.8 Å². The quantitative estimate of drug-likeness (QED) is 0.505. The maximum absolute atomic E-state index is 2.28. The summed E-state index contributed by atoms with van der Waals surface area (Å²) in [6.07, 6.45) is 2.97. The van der Waals surface area contributed by atoms with Gasteiger partial charge >= 0.3 is 0 Å². The van der Waals surface area contributed by atoms with Crippen molar-refractivity contribution in [2.45, 2.75) is 19.8 Å². The molecule has 1 aliphatic rings. The molecule has 0 aromatic rings. The van der Waals surface area contributed by atoms with Gasteiger partial charge in [-0.2, -0.15) is 0 Å². The first kappa shape index (κ1) is 5.73. The summed E-state index contributed by atoms with van der Waals surface area (Å²) in [6, 6.07) is 0. The number of rotatable bonds is 0. The van der Waals surface area contributed by atoms with Crippen LogP contribution in [0.5, 0.6) is 0 Å². The molecule has 0 amide bonds. The van der Waals surface area contributed by atoms with E-state index in [9.17, 15) is 0 Å². The third-order valence-corrected chi connectivity index (χ3v) is 0.866. The summed E-state index contributed by atoms with van der Waals surface area (Å²) in [5, 5.41) is 0. The molecular formula is C4H9I. The van der Waals surface area contributed by atoms with E-state index in [2.05, 4.69) is 6.92 Å². The highest BCUT2D eigenvalue weighted by Gasteiger charge is 2.12. The topological polar surface area (TPSA) is 0 Å². The maximum atomic E-state index is 2.28. The van der Waals surface area contributed by atoms with E-state index in [1.54, 1.807) is 0 Å². The standard InChI is InChI=1S/C4H8.HI/c1-4-2-3-4;/h4H,2-3H2,1H3;1H. The summed E-state index contributed by atoms with van der Waals surface area (Å²) >= 11 is 0. The second-order valence-corrected chi connectivity index (χ2v) is 1.68. The molecule has 0 bridgehead atoms. The summed E-state index contributed by atoms with van der Waals surface area (Å²) in [5.74, 6) is 1.08. The van der Waals surface area contributed by atoms with E-state index >= 15 is 0 Å². The third kappa shape index (κ3) is 2.53. The number of hydrogen-bond donors (Lipinski definition) is 0. The molecule has 0 spiro atoms. The Morgan fingerprint density at radius 3 is 1.60 bits per heavy atom. The lowest BCUT2D eigenvalue weighted by Crippen LogP contribution is -1.42. The van der Waals surface area contributed by atoms with E-state index in [1.807, 2.05) is 0 Å². The Hall–Kier alpha value is 0.730. The predicted molar refractivity (Wildman–Crippen MR) is 33.8 cm³/mol. The third-order valence-electron chi connectivity index (χ3n) is 0.866. The predicted octanol–water partition coefficient (Wildman–Crippen LogP) is 2.03. The van der Waals surface area contributed by atoms with E-state index in [4.69, 9.17) is 0 Å². The minimum Gasteiger partial charge on any atom is -0.107 e. The molecule has 0 aromatic carbocycles. The van der Waals surface area contributed by atoms with Crippen LogP contribution in [0.2, 0.25) is 0 Å². The van der Waals surface area contributed by atoms with Crippen LogP contribution in [0.25, 0.3) is 0 Å². The second kappa shape index (κ2) is 2.00. The van der Waals surface area contributed by atoms with Gasteiger partial charge in [0.25, 0.3) is 0 Å². The highest BCUT2D eigenvalue weighted by Crippen LogP contribution is 2.26. The van der Waals surface area contributed by atoms with E-state index in [0.29, 0.717) is 0 Å². The van der Waals surface area contributed by atoms with Gasteiger partial charge in [0.05, 0.1) is 0 Å². The number of hydrogen-bond acceptors (Lipinski definition) is 0. The summed E-state index contributed by atoms with van der Waals surface area (Å²) in [4.78, 5) is 0. The van der Waals surface area contributed by atoms with E-state index < -0.39 is 0 Å². The Kier molecular flexibility index (Phi) is 2.30. The fraction of sp³-hybridized carbons (Fsp3) is 1.00. The van der Waals surface area contributed by atoms with Crippen LogP contribution in [0, 0.1) is 5.92 Å².